The van der Waals surface area contributed by atoms with Crippen LogP contribution in [0.3, 0.4) is 0 Å². The minimum atomic E-state index is 0.356. The minimum absolute atomic E-state index is 0.356. The molecule has 1 heterocycles. The third-order valence-electron chi connectivity index (χ3n) is 3.41. The van der Waals surface area contributed by atoms with Crippen LogP contribution in [0.2, 0.25) is 0 Å². The lowest BCUT2D eigenvalue weighted by Gasteiger charge is -2.36. The van der Waals surface area contributed by atoms with Gasteiger partial charge in [0.2, 0.25) is 0 Å². The highest BCUT2D eigenvalue weighted by atomic mass is 16.5. The van der Waals surface area contributed by atoms with Crippen LogP contribution in [0.15, 0.2) is 12.2 Å². The van der Waals surface area contributed by atoms with Crippen molar-refractivity contribution in [2.75, 3.05) is 6.61 Å². The smallest absolute Gasteiger partial charge is 0.0635 e. The Bertz CT molecular complexity index is 193. The topological polar surface area (TPSA) is 9.23 Å². The Hall–Kier alpha value is -0.300. The molecule has 2 unspecified atom stereocenters. The summed E-state index contributed by atoms with van der Waals surface area (Å²) in [5, 5.41) is 0. The van der Waals surface area contributed by atoms with Crippen LogP contribution in [0.5, 0.6) is 0 Å². The van der Waals surface area contributed by atoms with Crippen molar-refractivity contribution in [2.45, 2.75) is 32.8 Å². The average Bonchev–Trinajstić information content (AvgIpc) is 2.15. The molecule has 0 aromatic carbocycles. The molecule has 2 aliphatic rings. The van der Waals surface area contributed by atoms with E-state index in [4.69, 9.17) is 4.74 Å². The monoisotopic (exact) mass is 152 g/mol. The molecule has 2 rings (SSSR count). The van der Waals surface area contributed by atoms with Gasteiger partial charge in [-0.3, -0.25) is 0 Å². The lowest BCUT2D eigenvalue weighted by Crippen LogP contribution is -2.34. The van der Waals surface area contributed by atoms with Gasteiger partial charge in [0, 0.05) is 5.92 Å². The Morgan fingerprint density at radius 3 is 2.91 bits per heavy atom. The van der Waals surface area contributed by atoms with Crippen molar-refractivity contribution in [2.24, 2.45) is 11.3 Å². The van der Waals surface area contributed by atoms with E-state index in [1.165, 1.54) is 18.4 Å². The fraction of sp³-hybridized carbons (Fsp3) is 0.800. The van der Waals surface area contributed by atoms with Crippen LogP contribution in [0, 0.1) is 11.3 Å². The second kappa shape index (κ2) is 2.10. The maximum Gasteiger partial charge on any atom is 0.0635 e. The van der Waals surface area contributed by atoms with Crippen molar-refractivity contribution in [3.05, 3.63) is 12.2 Å². The summed E-state index contributed by atoms with van der Waals surface area (Å²) >= 11 is 0. The van der Waals surface area contributed by atoms with Gasteiger partial charge in [-0.1, -0.05) is 26.0 Å². The molecule has 0 aromatic heterocycles. The van der Waals surface area contributed by atoms with E-state index in [0.717, 1.165) is 6.61 Å². The summed E-state index contributed by atoms with van der Waals surface area (Å²) in [6, 6.07) is 0. The Kier molecular flexibility index (Phi) is 1.40. The molecule has 0 aromatic rings. The summed E-state index contributed by atoms with van der Waals surface area (Å²) in [4.78, 5) is 0. The Morgan fingerprint density at radius 2 is 2.27 bits per heavy atom. The second-order valence-corrected chi connectivity index (χ2v) is 4.39. The van der Waals surface area contributed by atoms with E-state index in [2.05, 4.69) is 20.4 Å². The van der Waals surface area contributed by atoms with Gasteiger partial charge in [0.05, 0.1) is 12.7 Å². The molecule has 1 aliphatic carbocycles. The summed E-state index contributed by atoms with van der Waals surface area (Å²) in [6.07, 6.45) is 2.86. The van der Waals surface area contributed by atoms with E-state index in [1.54, 1.807) is 0 Å². The van der Waals surface area contributed by atoms with Gasteiger partial charge >= 0.3 is 0 Å². The highest BCUT2D eigenvalue weighted by molar-refractivity contribution is 5.15. The molecule has 2 atom stereocenters. The fourth-order valence-corrected chi connectivity index (χ4v) is 2.46. The van der Waals surface area contributed by atoms with Crippen LogP contribution in [-0.2, 0) is 4.74 Å². The van der Waals surface area contributed by atoms with Crippen LogP contribution in [0.1, 0.15) is 26.7 Å². The van der Waals surface area contributed by atoms with Gasteiger partial charge in [-0.05, 0) is 18.3 Å². The van der Waals surface area contributed by atoms with Crippen molar-refractivity contribution < 1.29 is 4.74 Å². The Balaban J connectivity index is 2.31. The first kappa shape index (κ1) is 7.35. The van der Waals surface area contributed by atoms with Crippen molar-refractivity contribution >= 4 is 0 Å². The average molecular weight is 152 g/mol. The summed E-state index contributed by atoms with van der Waals surface area (Å²) in [5.74, 6) is 0.626. The fourth-order valence-electron chi connectivity index (χ4n) is 2.46. The molecule has 1 saturated heterocycles. The molecule has 2 bridgehead atoms. The predicted molar refractivity (Wildman–Crippen MR) is 45.4 cm³/mol. The summed E-state index contributed by atoms with van der Waals surface area (Å²) in [6.45, 7) is 9.63. The third-order valence-corrected chi connectivity index (χ3v) is 3.41. The third kappa shape index (κ3) is 0.871. The quantitative estimate of drug-likeness (QED) is 0.484. The van der Waals surface area contributed by atoms with Crippen LogP contribution in [0.25, 0.3) is 0 Å². The van der Waals surface area contributed by atoms with E-state index in [-0.39, 0.29) is 0 Å². The van der Waals surface area contributed by atoms with Gasteiger partial charge in [0.15, 0.2) is 0 Å². The molecule has 62 valence electrons. The number of hydrogen-bond acceptors (Lipinski definition) is 1. The van der Waals surface area contributed by atoms with Crippen molar-refractivity contribution in [3.63, 3.8) is 0 Å². The molecule has 11 heavy (non-hydrogen) atoms. The van der Waals surface area contributed by atoms with E-state index >= 15 is 0 Å². The zero-order chi connectivity index (χ0) is 8.06. The summed E-state index contributed by atoms with van der Waals surface area (Å²) < 4.78 is 5.70. The highest BCUT2D eigenvalue weighted by Crippen LogP contribution is 2.49. The molecule has 1 saturated carbocycles. The summed E-state index contributed by atoms with van der Waals surface area (Å²) in [5.41, 5.74) is 1.76. The number of rotatable bonds is 0. The normalized spacial score (nSPS) is 41.1. The highest BCUT2D eigenvalue weighted by Gasteiger charge is 2.47. The number of fused-ring (bicyclic) bond motifs is 2. The lowest BCUT2D eigenvalue weighted by molar-refractivity contribution is 0.0528. The van der Waals surface area contributed by atoms with Crippen LogP contribution >= 0.6 is 0 Å². The number of ether oxygens (including phenoxy) is 1. The maximum atomic E-state index is 5.70. The Labute approximate surface area is 68.4 Å². The molecular formula is C10H16O. The predicted octanol–water partition coefficient (Wildman–Crippen LogP) is 2.38. The molecule has 0 N–H and O–H groups in total. The van der Waals surface area contributed by atoms with Gasteiger partial charge < -0.3 is 4.74 Å². The zero-order valence-corrected chi connectivity index (χ0v) is 7.39. The van der Waals surface area contributed by atoms with Gasteiger partial charge in [-0.25, -0.2) is 0 Å². The largest absolute Gasteiger partial charge is 0.377 e. The molecule has 1 nitrogen and oxygen atoms in total. The first-order valence-corrected chi connectivity index (χ1v) is 4.41. The number of hydrogen-bond donors (Lipinski definition) is 0. The second-order valence-electron chi connectivity index (χ2n) is 4.39. The molecule has 1 heteroatoms. The zero-order valence-electron chi connectivity index (χ0n) is 7.39. The Morgan fingerprint density at radius 1 is 1.55 bits per heavy atom. The molecule has 1 aliphatic heterocycles. The van der Waals surface area contributed by atoms with Gasteiger partial charge in [0.1, 0.15) is 0 Å². The van der Waals surface area contributed by atoms with Crippen LogP contribution < -0.4 is 0 Å². The van der Waals surface area contributed by atoms with Crippen LogP contribution in [-0.4, -0.2) is 12.7 Å². The molecule has 0 amide bonds. The van der Waals surface area contributed by atoms with Gasteiger partial charge in [-0.15, -0.1) is 0 Å². The van der Waals surface area contributed by atoms with Crippen molar-refractivity contribution in [3.8, 4) is 0 Å². The standard InChI is InChI=1S/C10H16O/c1-7-4-5-9-10(2,3)8(7)6-11-9/h8-9H,1,4-6H2,2-3H3. The van der Waals surface area contributed by atoms with E-state index < -0.39 is 0 Å². The molecule has 0 radical (unpaired) electrons. The molecule has 0 spiro atoms. The first-order chi connectivity index (χ1) is 5.12. The van der Waals surface area contributed by atoms with Crippen LogP contribution in [0.4, 0.5) is 0 Å². The maximum absolute atomic E-state index is 5.70. The summed E-state index contributed by atoms with van der Waals surface area (Å²) in [7, 11) is 0. The van der Waals surface area contributed by atoms with Crippen molar-refractivity contribution in [1.82, 2.24) is 0 Å². The molecular weight excluding hydrogens is 136 g/mol. The van der Waals surface area contributed by atoms with E-state index in [1.807, 2.05) is 0 Å². The van der Waals surface area contributed by atoms with Gasteiger partial charge in [0.25, 0.3) is 0 Å². The van der Waals surface area contributed by atoms with Gasteiger partial charge in [-0.2, -0.15) is 0 Å². The van der Waals surface area contributed by atoms with Crippen molar-refractivity contribution in [1.29, 1.82) is 0 Å². The molecule has 2 fully saturated rings. The van der Waals surface area contributed by atoms with E-state index in [0.29, 0.717) is 17.4 Å². The first-order valence-electron chi connectivity index (χ1n) is 4.41. The minimum Gasteiger partial charge on any atom is -0.377 e. The van der Waals surface area contributed by atoms with E-state index in [9.17, 15) is 0 Å². The SMILES string of the molecule is C=C1CCC2OCC1C2(C)C. The lowest BCUT2D eigenvalue weighted by atomic mass is 9.67.